The Morgan fingerprint density at radius 1 is 1.24 bits per heavy atom. The van der Waals surface area contributed by atoms with Crippen molar-refractivity contribution in [2.45, 2.75) is 26.1 Å². The van der Waals surface area contributed by atoms with Crippen molar-refractivity contribution in [1.29, 1.82) is 0 Å². The Kier molecular flexibility index (Phi) is 8.99. The van der Waals surface area contributed by atoms with Crippen molar-refractivity contribution in [2.24, 2.45) is 0 Å². The van der Waals surface area contributed by atoms with Crippen LogP contribution < -0.4 is 15.5 Å². The summed E-state index contributed by atoms with van der Waals surface area (Å²) in [4.78, 5) is 28.1. The molecule has 0 unspecified atom stereocenters. The number of aryl methyl sites for hydroxylation is 1. The molecule has 200 valence electrons. The van der Waals surface area contributed by atoms with Crippen LogP contribution in [0.25, 0.3) is 0 Å². The molecule has 3 aromatic rings. The summed E-state index contributed by atoms with van der Waals surface area (Å²) in [5.41, 5.74) is 0.900. The van der Waals surface area contributed by atoms with Crippen LogP contribution >= 0.6 is 11.6 Å². The maximum atomic E-state index is 13.1. The normalized spacial score (nSPS) is 14.4. The van der Waals surface area contributed by atoms with Crippen LogP contribution in [-0.4, -0.2) is 73.7 Å². The standard InChI is InChI=1S/C18H21ClFN9O.C2HF3O2/c1-10-7-13(28-27-10)24-16-14(19)17(29-3-5-30-6-4-29)26-18(25-16)23-11(2)15-21-8-12(20)9-22-15;3-2(4,5)1(6)7/h7-9,11H,3-6H2,1-2H3,(H3,23,24,25,26,27,28);(H,6,7)/t11-;/m0./s1. The lowest BCUT2D eigenvalue weighted by molar-refractivity contribution is -0.192. The maximum Gasteiger partial charge on any atom is 0.490 e. The van der Waals surface area contributed by atoms with Gasteiger partial charge in [0.2, 0.25) is 5.95 Å². The number of anilines is 4. The second kappa shape index (κ2) is 12.0. The highest BCUT2D eigenvalue weighted by atomic mass is 35.5. The second-order valence-electron chi connectivity index (χ2n) is 7.62. The maximum absolute atomic E-state index is 13.1. The van der Waals surface area contributed by atoms with Gasteiger partial charge in [-0.1, -0.05) is 11.6 Å². The van der Waals surface area contributed by atoms with E-state index >= 15 is 0 Å². The first-order chi connectivity index (χ1) is 17.4. The van der Waals surface area contributed by atoms with Gasteiger partial charge in [0.25, 0.3) is 0 Å². The molecule has 4 heterocycles. The van der Waals surface area contributed by atoms with E-state index in [-0.39, 0.29) is 6.04 Å². The van der Waals surface area contributed by atoms with Crippen molar-refractivity contribution in [3.8, 4) is 0 Å². The predicted octanol–water partition coefficient (Wildman–Crippen LogP) is 3.48. The fourth-order valence-electron chi connectivity index (χ4n) is 2.97. The van der Waals surface area contributed by atoms with Gasteiger partial charge in [0.15, 0.2) is 23.3 Å². The summed E-state index contributed by atoms with van der Waals surface area (Å²) < 4.78 is 50.3. The predicted molar refractivity (Wildman–Crippen MR) is 124 cm³/mol. The number of carboxylic acid groups (broad SMARTS) is 1. The number of hydrogen-bond acceptors (Lipinski definition) is 10. The Morgan fingerprint density at radius 3 is 2.41 bits per heavy atom. The minimum Gasteiger partial charge on any atom is -0.475 e. The number of aromatic amines is 1. The van der Waals surface area contributed by atoms with Crippen LogP contribution in [0.3, 0.4) is 0 Å². The van der Waals surface area contributed by atoms with E-state index in [1.165, 1.54) is 0 Å². The molecule has 0 aliphatic carbocycles. The first-order valence-corrected chi connectivity index (χ1v) is 11.0. The Balaban J connectivity index is 0.000000479. The van der Waals surface area contributed by atoms with Crippen LogP contribution in [0.2, 0.25) is 5.02 Å². The van der Waals surface area contributed by atoms with Crippen LogP contribution in [0.1, 0.15) is 24.5 Å². The lowest BCUT2D eigenvalue weighted by atomic mass is 10.3. The van der Waals surface area contributed by atoms with Crippen molar-refractivity contribution < 1.29 is 32.2 Å². The Hall–Kier alpha value is -3.79. The van der Waals surface area contributed by atoms with E-state index in [0.717, 1.165) is 18.1 Å². The number of aromatic nitrogens is 6. The van der Waals surface area contributed by atoms with Gasteiger partial charge in [0.1, 0.15) is 10.8 Å². The molecule has 4 rings (SSSR count). The summed E-state index contributed by atoms with van der Waals surface area (Å²) in [7, 11) is 0. The van der Waals surface area contributed by atoms with Gasteiger partial charge in [-0.3, -0.25) is 5.10 Å². The minimum absolute atomic E-state index is 0.330. The molecule has 0 amide bonds. The van der Waals surface area contributed by atoms with Gasteiger partial charge in [-0.05, 0) is 13.8 Å². The van der Waals surface area contributed by atoms with Crippen LogP contribution in [0, 0.1) is 12.7 Å². The van der Waals surface area contributed by atoms with Crippen LogP contribution in [-0.2, 0) is 9.53 Å². The highest BCUT2D eigenvalue weighted by Crippen LogP contribution is 2.34. The summed E-state index contributed by atoms with van der Waals surface area (Å²) >= 11 is 6.64. The third kappa shape index (κ3) is 7.85. The van der Waals surface area contributed by atoms with E-state index in [1.807, 2.05) is 24.8 Å². The molecule has 17 heteroatoms. The number of hydrogen-bond donors (Lipinski definition) is 4. The fraction of sp³-hybridized carbons (Fsp3) is 0.400. The molecule has 4 N–H and O–H groups in total. The summed E-state index contributed by atoms with van der Waals surface area (Å²) in [5.74, 6) is -0.927. The smallest absolute Gasteiger partial charge is 0.475 e. The molecular formula is C20H22ClF4N9O3. The Bertz CT molecular complexity index is 1200. The Labute approximate surface area is 212 Å². The van der Waals surface area contributed by atoms with Gasteiger partial charge in [-0.2, -0.15) is 28.2 Å². The number of aliphatic carboxylic acids is 1. The number of morpholine rings is 1. The van der Waals surface area contributed by atoms with Gasteiger partial charge in [0.05, 0.1) is 31.6 Å². The molecular weight excluding hydrogens is 526 g/mol. The first-order valence-electron chi connectivity index (χ1n) is 10.7. The SMILES string of the molecule is Cc1cc(Nc2nc(N[C@@H](C)c3ncc(F)cn3)nc(N3CCOCC3)c2Cl)n[nH]1.O=C(O)C(F)(F)F. The number of alkyl halides is 3. The van der Waals surface area contributed by atoms with Gasteiger partial charge in [-0.15, -0.1) is 0 Å². The number of halogens is 5. The molecule has 0 saturated carbocycles. The number of H-pyrrole nitrogens is 1. The Morgan fingerprint density at radius 2 is 1.86 bits per heavy atom. The molecule has 0 radical (unpaired) electrons. The number of nitrogens with zero attached hydrogens (tertiary/aromatic N) is 6. The van der Waals surface area contributed by atoms with E-state index < -0.39 is 18.0 Å². The molecule has 1 saturated heterocycles. The van der Waals surface area contributed by atoms with Crippen LogP contribution in [0.5, 0.6) is 0 Å². The first kappa shape index (κ1) is 27.8. The molecule has 1 aliphatic rings. The molecule has 1 fully saturated rings. The van der Waals surface area contributed by atoms with E-state index in [0.29, 0.717) is 60.6 Å². The van der Waals surface area contributed by atoms with E-state index in [1.54, 1.807) is 0 Å². The number of carboxylic acids is 1. The van der Waals surface area contributed by atoms with Crippen molar-refractivity contribution in [1.82, 2.24) is 30.1 Å². The zero-order valence-corrected chi connectivity index (χ0v) is 20.2. The topological polar surface area (TPSA) is 154 Å². The molecule has 0 bridgehead atoms. The summed E-state index contributed by atoms with van der Waals surface area (Å²) in [5, 5.41) is 20.8. The summed E-state index contributed by atoms with van der Waals surface area (Å²) in [6.07, 6.45) is -2.84. The number of nitrogens with one attached hydrogen (secondary N) is 3. The van der Waals surface area contributed by atoms with Crippen LogP contribution in [0.15, 0.2) is 18.5 Å². The molecule has 3 aromatic heterocycles. The second-order valence-corrected chi connectivity index (χ2v) is 8.00. The minimum atomic E-state index is -5.08. The van der Waals surface area contributed by atoms with Crippen LogP contribution in [0.4, 0.5) is 41.0 Å². The lowest BCUT2D eigenvalue weighted by Gasteiger charge is -2.29. The number of rotatable bonds is 6. The van der Waals surface area contributed by atoms with E-state index in [2.05, 4.69) is 40.8 Å². The van der Waals surface area contributed by atoms with Crippen molar-refractivity contribution in [2.75, 3.05) is 41.8 Å². The number of carbonyl (C=O) groups is 1. The summed E-state index contributed by atoms with van der Waals surface area (Å²) in [6, 6.07) is 1.49. The monoisotopic (exact) mass is 547 g/mol. The molecule has 37 heavy (non-hydrogen) atoms. The zero-order chi connectivity index (χ0) is 27.2. The largest absolute Gasteiger partial charge is 0.490 e. The number of ether oxygens (including phenoxy) is 1. The van der Waals surface area contributed by atoms with Gasteiger partial charge < -0.3 is 25.4 Å². The van der Waals surface area contributed by atoms with Gasteiger partial charge >= 0.3 is 12.1 Å². The van der Waals surface area contributed by atoms with Gasteiger partial charge in [-0.25, -0.2) is 19.2 Å². The highest BCUT2D eigenvalue weighted by molar-refractivity contribution is 6.35. The zero-order valence-electron chi connectivity index (χ0n) is 19.5. The van der Waals surface area contributed by atoms with Crippen molar-refractivity contribution in [3.63, 3.8) is 0 Å². The summed E-state index contributed by atoms with van der Waals surface area (Å²) in [6.45, 7) is 6.23. The van der Waals surface area contributed by atoms with E-state index in [9.17, 15) is 17.6 Å². The molecule has 0 aromatic carbocycles. The average Bonchev–Trinajstić information content (AvgIpc) is 3.26. The fourth-order valence-corrected chi connectivity index (χ4v) is 3.23. The van der Waals surface area contributed by atoms with E-state index in [4.69, 9.17) is 26.2 Å². The van der Waals surface area contributed by atoms with Gasteiger partial charge in [0, 0.05) is 24.8 Å². The average molecular weight is 548 g/mol. The third-order valence-corrected chi connectivity index (χ3v) is 5.06. The van der Waals surface area contributed by atoms with Crippen molar-refractivity contribution in [3.05, 3.63) is 40.8 Å². The lowest BCUT2D eigenvalue weighted by Crippen LogP contribution is -2.37. The molecule has 1 aliphatic heterocycles. The third-order valence-electron chi connectivity index (χ3n) is 4.71. The molecule has 12 nitrogen and oxygen atoms in total. The quantitative estimate of drug-likeness (QED) is 0.335. The highest BCUT2D eigenvalue weighted by Gasteiger charge is 2.38. The molecule has 0 spiro atoms. The molecule has 1 atom stereocenters. The van der Waals surface area contributed by atoms with Crippen molar-refractivity contribution >= 4 is 41.0 Å².